The summed E-state index contributed by atoms with van der Waals surface area (Å²) in [5, 5.41) is 2.79. The molecule has 0 amide bonds. The maximum Gasteiger partial charge on any atom is 2.00 e. The summed E-state index contributed by atoms with van der Waals surface area (Å²) >= 11 is 0. The summed E-state index contributed by atoms with van der Waals surface area (Å²) in [4.78, 5) is -0.253. The van der Waals surface area contributed by atoms with Crippen molar-refractivity contribution in [3.8, 4) is 0 Å². The average Bonchev–Trinajstić information content (AvgIpc) is 2.84. The first-order valence-corrected chi connectivity index (χ1v) is 14.8. The normalized spacial score (nSPS) is 11.6. The Hall–Kier alpha value is -1.52. The molecule has 0 aliphatic rings. The van der Waals surface area contributed by atoms with Gasteiger partial charge in [0.25, 0.3) is 0 Å². The maximum atomic E-state index is 11.2. The zero-order valence-electron chi connectivity index (χ0n) is 21.1. The smallest absolute Gasteiger partial charge is 0.744 e. The van der Waals surface area contributed by atoms with E-state index in [0.29, 0.717) is 10.8 Å². The first-order valence-electron chi connectivity index (χ1n) is 12.0. The van der Waals surface area contributed by atoms with Crippen LogP contribution in [-0.2, 0) is 33.1 Å². The number of unbranched alkanes of at least 4 members (excludes halogenated alkanes) is 2. The van der Waals surface area contributed by atoms with Crippen molar-refractivity contribution in [2.24, 2.45) is 0 Å². The van der Waals surface area contributed by atoms with Gasteiger partial charge in [-0.3, -0.25) is 0 Å². The molecule has 0 aliphatic carbocycles. The van der Waals surface area contributed by atoms with E-state index in [1.807, 2.05) is 36.4 Å². The van der Waals surface area contributed by atoms with E-state index in [1.165, 1.54) is 12.1 Å². The number of fused-ring (bicyclic) bond motifs is 2. The van der Waals surface area contributed by atoms with Crippen molar-refractivity contribution >= 4 is 79.5 Å². The largest absolute Gasteiger partial charge is 2.00 e. The molecular weight excluding hydrogens is 537 g/mol. The quantitative estimate of drug-likeness (QED) is 0.197. The van der Waals surface area contributed by atoms with Gasteiger partial charge in [-0.15, -0.1) is 0 Å². The van der Waals surface area contributed by atoms with Gasteiger partial charge in [0.05, 0.1) is 9.79 Å². The van der Waals surface area contributed by atoms with E-state index in [2.05, 4.69) is 13.8 Å². The van der Waals surface area contributed by atoms with Crippen LogP contribution in [0.1, 0.15) is 50.7 Å². The van der Waals surface area contributed by atoms with E-state index >= 15 is 0 Å². The Morgan fingerprint density at radius 2 is 0.865 bits per heavy atom. The molecule has 192 valence electrons. The molecule has 0 heterocycles. The molecule has 4 aromatic carbocycles. The minimum Gasteiger partial charge on any atom is -0.744 e. The van der Waals surface area contributed by atoms with Gasteiger partial charge in [-0.25, -0.2) is 16.8 Å². The molecule has 37 heavy (non-hydrogen) atoms. The monoisotopic (exact) mass is 566 g/mol. The van der Waals surface area contributed by atoms with Crippen molar-refractivity contribution in [1.82, 2.24) is 0 Å². The van der Waals surface area contributed by atoms with Crippen LogP contribution in [-0.4, -0.2) is 63.7 Å². The number of benzene rings is 4. The summed E-state index contributed by atoms with van der Waals surface area (Å²) in [7, 11) is -8.83. The van der Waals surface area contributed by atoms with Crippen molar-refractivity contribution in [1.29, 1.82) is 0 Å². The van der Waals surface area contributed by atoms with Gasteiger partial charge in [0.2, 0.25) is 0 Å². The Kier molecular flexibility index (Phi) is 12.0. The third kappa shape index (κ3) is 8.23. The summed E-state index contributed by atoms with van der Waals surface area (Å²) < 4.78 is 67.3. The number of rotatable bonds is 8. The molecule has 0 N–H and O–H groups in total. The SMILES string of the molecule is CCCCc1cccc2c(S(=O)(=O)[O-])cccc12.CCCCc1cccc2c(S(=O)(=O)[O-])cccc12.[Ca+2]. The van der Waals surface area contributed by atoms with Gasteiger partial charge in [0.1, 0.15) is 20.2 Å². The van der Waals surface area contributed by atoms with Gasteiger partial charge >= 0.3 is 37.7 Å². The molecule has 0 radical (unpaired) electrons. The molecule has 4 aromatic rings. The molecule has 0 saturated heterocycles. The number of hydrogen-bond acceptors (Lipinski definition) is 6. The summed E-state index contributed by atoms with van der Waals surface area (Å²) in [5.74, 6) is 0. The second-order valence-corrected chi connectivity index (χ2v) is 11.3. The summed E-state index contributed by atoms with van der Waals surface area (Å²) in [6.07, 6.45) is 6.05. The first-order chi connectivity index (χ1) is 17.1. The Balaban J connectivity index is 0.000000253. The van der Waals surface area contributed by atoms with Crippen molar-refractivity contribution < 1.29 is 25.9 Å². The molecule has 4 rings (SSSR count). The second kappa shape index (κ2) is 14.0. The van der Waals surface area contributed by atoms with Gasteiger partial charge in [0.15, 0.2) is 0 Å². The Morgan fingerprint density at radius 3 is 1.19 bits per heavy atom. The van der Waals surface area contributed by atoms with Crippen molar-refractivity contribution in [3.05, 3.63) is 83.9 Å². The first kappa shape index (κ1) is 31.7. The molecule has 0 unspecified atom stereocenters. The molecule has 0 aliphatic heterocycles. The van der Waals surface area contributed by atoms with E-state index in [0.717, 1.165) is 60.4 Å². The van der Waals surface area contributed by atoms with Crippen LogP contribution in [0.15, 0.2) is 82.6 Å². The molecule has 0 fully saturated rings. The van der Waals surface area contributed by atoms with Crippen LogP contribution in [0.3, 0.4) is 0 Å². The fraction of sp³-hybridized carbons (Fsp3) is 0.286. The molecule has 0 saturated carbocycles. The van der Waals surface area contributed by atoms with Gasteiger partial charge in [-0.05, 0) is 70.5 Å². The zero-order chi connectivity index (χ0) is 26.3. The standard InChI is InChI=1S/2C14H16O3S.Ca/c2*1-2-3-6-11-7-4-9-13-12(11)8-5-10-14(13)18(15,16)17;/h2*4-5,7-10H,2-3,6H2,1H3,(H,15,16,17);/q;;+2/p-2. The van der Waals surface area contributed by atoms with E-state index in [9.17, 15) is 25.9 Å². The van der Waals surface area contributed by atoms with Gasteiger partial charge in [-0.2, -0.15) is 0 Å². The third-order valence-electron chi connectivity index (χ3n) is 6.08. The van der Waals surface area contributed by atoms with Crippen LogP contribution in [0, 0.1) is 0 Å². The summed E-state index contributed by atoms with van der Waals surface area (Å²) in [6.45, 7) is 4.22. The average molecular weight is 567 g/mol. The molecule has 0 bridgehead atoms. The topological polar surface area (TPSA) is 114 Å². The number of aryl methyl sites for hydroxylation is 2. The summed E-state index contributed by atoms with van der Waals surface area (Å²) in [6, 6.07) is 20.7. The van der Waals surface area contributed by atoms with Crippen molar-refractivity contribution in [3.63, 3.8) is 0 Å². The van der Waals surface area contributed by atoms with Crippen molar-refractivity contribution in [2.75, 3.05) is 0 Å². The van der Waals surface area contributed by atoms with Crippen molar-refractivity contribution in [2.45, 2.75) is 62.2 Å². The predicted molar refractivity (Wildman–Crippen MR) is 147 cm³/mol. The van der Waals surface area contributed by atoms with Crippen LogP contribution in [0.4, 0.5) is 0 Å². The minimum atomic E-state index is -4.42. The molecule has 0 atom stereocenters. The van der Waals surface area contributed by atoms with Crippen LogP contribution in [0.2, 0.25) is 0 Å². The second-order valence-electron chi connectivity index (χ2n) is 8.65. The van der Waals surface area contributed by atoms with Crippen LogP contribution < -0.4 is 0 Å². The van der Waals surface area contributed by atoms with Crippen LogP contribution in [0.5, 0.6) is 0 Å². The van der Waals surface area contributed by atoms with Crippen LogP contribution >= 0.6 is 0 Å². The fourth-order valence-corrected chi connectivity index (χ4v) is 5.68. The molecular formula is C28H30CaO6S2. The molecule has 6 nitrogen and oxygen atoms in total. The molecule has 0 spiro atoms. The van der Waals surface area contributed by atoms with E-state index < -0.39 is 20.2 Å². The van der Waals surface area contributed by atoms with E-state index in [4.69, 9.17) is 0 Å². The molecule has 0 aromatic heterocycles. The number of hydrogen-bond donors (Lipinski definition) is 0. The zero-order valence-corrected chi connectivity index (χ0v) is 25.0. The summed E-state index contributed by atoms with van der Waals surface area (Å²) in [5.41, 5.74) is 2.19. The minimum absolute atomic E-state index is 0. The molecule has 9 heteroatoms. The Morgan fingerprint density at radius 1 is 0.541 bits per heavy atom. The fourth-order valence-electron chi connectivity index (χ4n) is 4.30. The third-order valence-corrected chi connectivity index (χ3v) is 7.87. The van der Waals surface area contributed by atoms with Gasteiger partial charge in [-0.1, -0.05) is 87.4 Å². The van der Waals surface area contributed by atoms with Gasteiger partial charge in [0, 0.05) is 0 Å². The Labute approximate surface area is 249 Å². The van der Waals surface area contributed by atoms with E-state index in [-0.39, 0.29) is 47.5 Å². The van der Waals surface area contributed by atoms with Gasteiger partial charge < -0.3 is 9.11 Å². The van der Waals surface area contributed by atoms with Crippen LogP contribution in [0.25, 0.3) is 21.5 Å². The van der Waals surface area contributed by atoms with E-state index in [1.54, 1.807) is 24.3 Å². The maximum absolute atomic E-state index is 11.2. The predicted octanol–water partition coefficient (Wildman–Crippen LogP) is 5.79. The Bertz CT molecular complexity index is 1450.